The van der Waals surface area contributed by atoms with Crippen molar-refractivity contribution in [1.82, 2.24) is 9.88 Å². The van der Waals surface area contributed by atoms with Crippen molar-refractivity contribution in [3.05, 3.63) is 64.3 Å². The van der Waals surface area contributed by atoms with Gasteiger partial charge in [-0.05, 0) is 63.1 Å². The van der Waals surface area contributed by atoms with Gasteiger partial charge in [-0.1, -0.05) is 37.5 Å². The van der Waals surface area contributed by atoms with Gasteiger partial charge < -0.3 is 10.2 Å². The molecule has 188 valence electrons. The predicted molar refractivity (Wildman–Crippen MR) is 142 cm³/mol. The molecule has 8 heteroatoms. The van der Waals surface area contributed by atoms with Crippen molar-refractivity contribution in [1.29, 1.82) is 0 Å². The van der Waals surface area contributed by atoms with Crippen molar-refractivity contribution in [2.24, 2.45) is 0 Å². The number of carbonyl (C=O) groups is 2. The Labute approximate surface area is 215 Å². The van der Waals surface area contributed by atoms with Crippen LogP contribution in [-0.2, 0) is 11.2 Å². The Morgan fingerprint density at radius 1 is 1.17 bits per heavy atom. The van der Waals surface area contributed by atoms with Crippen molar-refractivity contribution in [2.45, 2.75) is 51.5 Å². The van der Waals surface area contributed by atoms with Gasteiger partial charge in [-0.25, -0.2) is 9.37 Å². The summed E-state index contributed by atoms with van der Waals surface area (Å²) in [7, 11) is 2.03. The number of carbonyl (C=O) groups excluding carboxylic acids is 2. The molecule has 36 heavy (non-hydrogen) atoms. The van der Waals surface area contributed by atoms with Gasteiger partial charge in [-0.3, -0.25) is 14.5 Å². The van der Waals surface area contributed by atoms with Crippen LogP contribution in [0.15, 0.2) is 42.5 Å². The molecule has 0 unspecified atom stereocenters. The molecule has 3 aromatic rings. The molecule has 2 aliphatic rings. The van der Waals surface area contributed by atoms with Crippen LogP contribution in [0.25, 0.3) is 11.3 Å². The van der Waals surface area contributed by atoms with E-state index < -0.39 is 5.82 Å². The zero-order valence-corrected chi connectivity index (χ0v) is 21.5. The minimum Gasteiger partial charge on any atom is -0.308 e. The number of halogens is 1. The lowest BCUT2D eigenvalue weighted by Gasteiger charge is -2.30. The molecule has 5 rings (SSSR count). The highest BCUT2D eigenvalue weighted by Gasteiger charge is 2.28. The minimum absolute atomic E-state index is 0.0420. The molecule has 1 aromatic heterocycles. The molecule has 1 N–H and O–H groups in total. The van der Waals surface area contributed by atoms with Crippen LogP contribution in [0.5, 0.6) is 0 Å². The summed E-state index contributed by atoms with van der Waals surface area (Å²) in [6.07, 6.45) is 6.78. The average molecular weight is 507 g/mol. The topological polar surface area (TPSA) is 65.5 Å². The summed E-state index contributed by atoms with van der Waals surface area (Å²) in [6, 6.07) is 12.5. The van der Waals surface area contributed by atoms with Crippen molar-refractivity contribution < 1.29 is 14.0 Å². The Hall–Kier alpha value is -3.10. The third-order valence-electron chi connectivity index (χ3n) is 7.23. The zero-order chi connectivity index (χ0) is 25.2. The number of benzene rings is 2. The van der Waals surface area contributed by atoms with Gasteiger partial charge in [0, 0.05) is 28.7 Å². The van der Waals surface area contributed by atoms with Crippen LogP contribution < -0.4 is 10.2 Å². The maximum atomic E-state index is 14.2. The monoisotopic (exact) mass is 506 g/mol. The highest BCUT2D eigenvalue weighted by molar-refractivity contribution is 7.16. The molecule has 0 atom stereocenters. The van der Waals surface area contributed by atoms with Gasteiger partial charge in [0.05, 0.1) is 17.8 Å². The molecule has 0 bridgehead atoms. The summed E-state index contributed by atoms with van der Waals surface area (Å²) in [5.74, 6) is -0.877. The summed E-state index contributed by atoms with van der Waals surface area (Å²) >= 11 is 1.47. The molecule has 0 spiro atoms. The molecule has 0 saturated heterocycles. The molecule has 2 heterocycles. The number of aromatic nitrogens is 1. The zero-order valence-electron chi connectivity index (χ0n) is 20.7. The van der Waals surface area contributed by atoms with Gasteiger partial charge in [-0.15, -0.1) is 11.3 Å². The Bertz CT molecular complexity index is 1280. The quantitative estimate of drug-likeness (QED) is 0.468. The summed E-state index contributed by atoms with van der Waals surface area (Å²) in [6.45, 7) is 2.87. The second-order valence-corrected chi connectivity index (χ2v) is 10.9. The lowest BCUT2D eigenvalue weighted by atomic mass is 9.94. The first-order valence-electron chi connectivity index (χ1n) is 12.6. The van der Waals surface area contributed by atoms with Crippen LogP contribution in [0.2, 0.25) is 0 Å². The summed E-state index contributed by atoms with van der Waals surface area (Å²) < 4.78 is 14.2. The Morgan fingerprint density at radius 3 is 2.72 bits per heavy atom. The fourth-order valence-corrected chi connectivity index (χ4v) is 6.15. The summed E-state index contributed by atoms with van der Waals surface area (Å²) in [4.78, 5) is 35.2. The fourth-order valence-electron chi connectivity index (χ4n) is 5.29. The summed E-state index contributed by atoms with van der Waals surface area (Å²) in [5, 5.41) is 3.58. The lowest BCUT2D eigenvalue weighted by Crippen LogP contribution is -2.39. The van der Waals surface area contributed by atoms with Crippen LogP contribution in [0.3, 0.4) is 0 Å². The molecular formula is C28H31FN4O2S. The number of hydrogen-bond donors (Lipinski definition) is 1. The number of likely N-dealkylation sites (N-methyl/N-ethyl adjacent to an activating group) is 1. The first-order chi connectivity index (χ1) is 17.4. The second-order valence-electron chi connectivity index (χ2n) is 9.71. The number of anilines is 2. The fraction of sp³-hybridized carbons (Fsp3) is 0.393. The van der Waals surface area contributed by atoms with E-state index in [1.54, 1.807) is 17.0 Å². The van der Waals surface area contributed by atoms with E-state index in [0.717, 1.165) is 40.2 Å². The van der Waals surface area contributed by atoms with Crippen molar-refractivity contribution >= 4 is 34.0 Å². The Morgan fingerprint density at radius 2 is 1.94 bits per heavy atom. The molecule has 0 radical (unpaired) electrons. The number of amides is 2. The van der Waals surface area contributed by atoms with E-state index in [4.69, 9.17) is 4.98 Å². The smallest absolute Gasteiger partial charge is 0.261 e. The highest BCUT2D eigenvalue weighted by atomic mass is 32.1. The number of nitrogens with zero attached hydrogens (tertiary/aromatic N) is 3. The van der Waals surface area contributed by atoms with Crippen LogP contribution in [0.4, 0.5) is 15.2 Å². The van der Waals surface area contributed by atoms with Crippen molar-refractivity contribution in [3.8, 4) is 11.3 Å². The second kappa shape index (κ2) is 10.5. The van der Waals surface area contributed by atoms with Crippen LogP contribution in [0, 0.1) is 12.7 Å². The molecule has 2 aromatic carbocycles. The van der Waals surface area contributed by atoms with Gasteiger partial charge in [0.1, 0.15) is 5.82 Å². The first-order valence-corrected chi connectivity index (χ1v) is 13.4. The van der Waals surface area contributed by atoms with Crippen LogP contribution in [-0.4, -0.2) is 47.9 Å². The summed E-state index contributed by atoms with van der Waals surface area (Å²) in [5.41, 5.74) is 3.70. The number of rotatable bonds is 6. The molecular weight excluding hydrogens is 475 g/mol. The van der Waals surface area contributed by atoms with E-state index in [-0.39, 0.29) is 17.4 Å². The first kappa shape index (κ1) is 24.6. The average Bonchev–Trinajstić information content (AvgIpc) is 3.46. The molecule has 2 amide bonds. The third-order valence-corrected chi connectivity index (χ3v) is 8.12. The number of aryl methyl sites for hydroxylation is 1. The van der Waals surface area contributed by atoms with E-state index in [1.165, 1.54) is 42.7 Å². The van der Waals surface area contributed by atoms with Crippen LogP contribution in [0.1, 0.15) is 52.9 Å². The largest absolute Gasteiger partial charge is 0.308 e. The van der Waals surface area contributed by atoms with Gasteiger partial charge in [-0.2, -0.15) is 0 Å². The van der Waals surface area contributed by atoms with Crippen LogP contribution >= 0.6 is 11.3 Å². The predicted octanol–water partition coefficient (Wildman–Crippen LogP) is 5.66. The Balaban J connectivity index is 1.28. The van der Waals surface area contributed by atoms with Gasteiger partial charge in [0.15, 0.2) is 5.13 Å². The number of fused-ring (bicyclic) bond motifs is 1. The van der Waals surface area contributed by atoms with Crippen molar-refractivity contribution in [2.75, 3.05) is 30.4 Å². The highest BCUT2D eigenvalue weighted by Crippen LogP contribution is 2.36. The molecule has 1 saturated carbocycles. The van der Waals surface area contributed by atoms with Crippen molar-refractivity contribution in [3.63, 3.8) is 0 Å². The maximum absolute atomic E-state index is 14.2. The van der Waals surface area contributed by atoms with Gasteiger partial charge in [0.25, 0.3) is 5.91 Å². The molecule has 6 nitrogen and oxygen atoms in total. The van der Waals surface area contributed by atoms with E-state index in [2.05, 4.69) is 16.3 Å². The maximum Gasteiger partial charge on any atom is 0.261 e. The molecule has 1 fully saturated rings. The molecule has 1 aliphatic heterocycles. The standard InChI is InChI=1S/C28H31FN4O2S/c1-18-26(31-28(36-18)30-25(34)17-32(2)21-8-4-3-5-9-21)20-12-13-24-19(16-20)14-15-33(24)27(35)22-10-6-7-11-23(22)29/h6-7,10-13,16,21H,3-5,8-9,14-15,17H2,1-2H3,(H,30,31,34). The normalized spacial score (nSPS) is 15.8. The van der Waals surface area contributed by atoms with E-state index in [9.17, 15) is 14.0 Å². The third kappa shape index (κ3) is 5.06. The SMILES string of the molecule is Cc1sc(NC(=O)CN(C)C2CCCCC2)nc1-c1ccc2c(c1)CCN2C(=O)c1ccccc1F. The Kier molecular flexibility index (Phi) is 7.16. The molecule has 1 aliphatic carbocycles. The minimum atomic E-state index is -0.509. The number of thiazole rings is 1. The van der Waals surface area contributed by atoms with E-state index >= 15 is 0 Å². The number of nitrogens with one attached hydrogen (secondary N) is 1. The van der Waals surface area contributed by atoms with Gasteiger partial charge in [0.2, 0.25) is 5.91 Å². The number of hydrogen-bond acceptors (Lipinski definition) is 5. The van der Waals surface area contributed by atoms with E-state index in [0.29, 0.717) is 30.7 Å². The lowest BCUT2D eigenvalue weighted by molar-refractivity contribution is -0.117. The van der Waals surface area contributed by atoms with Gasteiger partial charge >= 0.3 is 0 Å². The van der Waals surface area contributed by atoms with E-state index in [1.807, 2.05) is 26.1 Å².